The molecule has 0 amide bonds. The van der Waals surface area contributed by atoms with E-state index in [1.165, 1.54) is 32.1 Å². The van der Waals surface area contributed by atoms with Crippen molar-refractivity contribution in [3.8, 4) is 0 Å². The number of rotatable bonds is 43. The molecule has 0 aliphatic heterocycles. The highest BCUT2D eigenvalue weighted by Crippen LogP contribution is 2.47. The molecule has 1 rings (SSSR count). The smallest absolute Gasteiger partial charge is 0.462 e. The molecule has 0 bridgehead atoms. The first-order valence-corrected chi connectivity index (χ1v) is 27.9. The van der Waals surface area contributed by atoms with Crippen LogP contribution in [0.4, 0.5) is 0 Å². The summed E-state index contributed by atoms with van der Waals surface area (Å²) in [5.74, 6) is -1.13. The second kappa shape index (κ2) is 43.8. The lowest BCUT2D eigenvalue weighted by atomic mass is 9.85. The van der Waals surface area contributed by atoms with Crippen LogP contribution in [0.5, 0.6) is 0 Å². The van der Waals surface area contributed by atoms with Crippen LogP contribution in [-0.4, -0.2) is 98.3 Å². The molecule has 6 unspecified atom stereocenters. The van der Waals surface area contributed by atoms with Gasteiger partial charge in [0, 0.05) is 12.8 Å². The molecule has 1 saturated carbocycles. The van der Waals surface area contributed by atoms with Crippen molar-refractivity contribution in [1.82, 2.24) is 0 Å². The minimum Gasteiger partial charge on any atom is -0.462 e. The molecular formula is C55H93O13P. The molecule has 1 aliphatic rings. The fourth-order valence-corrected chi connectivity index (χ4v) is 8.49. The average Bonchev–Trinajstić information content (AvgIpc) is 3.33. The lowest BCUT2D eigenvalue weighted by Crippen LogP contribution is -2.64. The van der Waals surface area contributed by atoms with Crippen molar-refractivity contribution in [3.05, 3.63) is 85.1 Å². The number of hydrogen-bond donors (Lipinski definition) is 6. The number of allylic oxidation sites excluding steroid dienone is 14. The highest BCUT2D eigenvalue weighted by molar-refractivity contribution is 7.47. The molecule has 396 valence electrons. The maximum Gasteiger partial charge on any atom is 0.472 e. The predicted octanol–water partition coefficient (Wildman–Crippen LogP) is 11.6. The van der Waals surface area contributed by atoms with E-state index < -0.39 is 75.7 Å². The van der Waals surface area contributed by atoms with Gasteiger partial charge in [-0.15, -0.1) is 0 Å². The zero-order valence-electron chi connectivity index (χ0n) is 42.3. The molecule has 0 spiro atoms. The Hall–Kier alpha value is -2.97. The number of phosphoric ester groups is 1. The van der Waals surface area contributed by atoms with E-state index in [0.717, 1.165) is 122 Å². The summed E-state index contributed by atoms with van der Waals surface area (Å²) < 4.78 is 33.7. The molecule has 0 aromatic carbocycles. The highest BCUT2D eigenvalue weighted by atomic mass is 31.2. The van der Waals surface area contributed by atoms with Crippen molar-refractivity contribution in [2.24, 2.45) is 0 Å². The van der Waals surface area contributed by atoms with E-state index in [-0.39, 0.29) is 12.8 Å². The van der Waals surface area contributed by atoms with Gasteiger partial charge in [0.15, 0.2) is 6.10 Å². The van der Waals surface area contributed by atoms with Gasteiger partial charge < -0.3 is 39.9 Å². The van der Waals surface area contributed by atoms with Crippen molar-refractivity contribution in [1.29, 1.82) is 0 Å². The minimum absolute atomic E-state index is 0.0795. The molecule has 6 atom stereocenters. The van der Waals surface area contributed by atoms with Gasteiger partial charge in [0.25, 0.3) is 0 Å². The van der Waals surface area contributed by atoms with Crippen molar-refractivity contribution < 1.29 is 63.1 Å². The lowest BCUT2D eigenvalue weighted by molar-refractivity contribution is -0.220. The Balaban J connectivity index is 2.41. The Kier molecular flexibility index (Phi) is 40.6. The van der Waals surface area contributed by atoms with E-state index in [4.69, 9.17) is 18.5 Å². The van der Waals surface area contributed by atoms with E-state index >= 15 is 0 Å². The third-order valence-corrected chi connectivity index (χ3v) is 12.7. The van der Waals surface area contributed by atoms with Crippen LogP contribution in [0.15, 0.2) is 85.1 Å². The highest BCUT2D eigenvalue weighted by Gasteiger charge is 2.51. The van der Waals surface area contributed by atoms with Gasteiger partial charge in [0.2, 0.25) is 0 Å². The fraction of sp³-hybridized carbons (Fsp3) is 0.709. The zero-order chi connectivity index (χ0) is 50.6. The van der Waals surface area contributed by atoms with Gasteiger partial charge in [0.05, 0.1) is 6.61 Å². The van der Waals surface area contributed by atoms with Crippen molar-refractivity contribution in [2.75, 3.05) is 13.2 Å². The van der Waals surface area contributed by atoms with Gasteiger partial charge in [-0.2, -0.15) is 0 Å². The number of unbranched alkanes of at least 4 members (excludes halogenated alkanes) is 17. The first-order valence-electron chi connectivity index (χ1n) is 26.4. The van der Waals surface area contributed by atoms with Crippen LogP contribution < -0.4 is 0 Å². The summed E-state index contributed by atoms with van der Waals surface area (Å²) in [6, 6.07) is 0. The van der Waals surface area contributed by atoms with Crippen LogP contribution in [0, 0.1) is 0 Å². The minimum atomic E-state index is -5.14. The number of hydrogen-bond acceptors (Lipinski definition) is 12. The molecule has 69 heavy (non-hydrogen) atoms. The third kappa shape index (κ3) is 35.7. The molecular weight excluding hydrogens is 900 g/mol. The molecule has 0 heterocycles. The van der Waals surface area contributed by atoms with Crippen LogP contribution in [-0.2, 0) is 32.7 Å². The van der Waals surface area contributed by atoms with Crippen molar-refractivity contribution in [3.63, 3.8) is 0 Å². The Morgan fingerprint density at radius 2 is 0.826 bits per heavy atom. The van der Waals surface area contributed by atoms with Crippen LogP contribution in [0.2, 0.25) is 0 Å². The summed E-state index contributed by atoms with van der Waals surface area (Å²) in [6.07, 6.45) is 44.7. The van der Waals surface area contributed by atoms with Crippen LogP contribution >= 0.6 is 7.82 Å². The number of esters is 2. The quantitative estimate of drug-likeness (QED) is 0.0146. The largest absolute Gasteiger partial charge is 0.472 e. The molecule has 14 heteroatoms. The van der Waals surface area contributed by atoms with E-state index in [1.807, 2.05) is 0 Å². The summed E-state index contributed by atoms with van der Waals surface area (Å²) >= 11 is 0. The number of aliphatic hydroxyl groups is 5. The maximum absolute atomic E-state index is 12.9. The molecule has 0 aromatic rings. The van der Waals surface area contributed by atoms with Gasteiger partial charge in [-0.25, -0.2) is 4.57 Å². The Morgan fingerprint density at radius 3 is 1.26 bits per heavy atom. The zero-order valence-corrected chi connectivity index (χ0v) is 43.2. The average molecular weight is 993 g/mol. The number of carbonyl (C=O) groups is 2. The van der Waals surface area contributed by atoms with E-state index in [2.05, 4.69) is 98.9 Å². The van der Waals surface area contributed by atoms with Crippen LogP contribution in [0.25, 0.3) is 0 Å². The van der Waals surface area contributed by atoms with E-state index in [0.29, 0.717) is 12.8 Å². The van der Waals surface area contributed by atoms with Gasteiger partial charge >= 0.3 is 19.8 Å². The monoisotopic (exact) mass is 993 g/mol. The number of phosphoric acid groups is 1. The topological polar surface area (TPSA) is 210 Å². The molecule has 1 fully saturated rings. The Bertz CT molecular complexity index is 1520. The number of carbonyl (C=O) groups excluding carboxylic acids is 2. The van der Waals surface area contributed by atoms with Gasteiger partial charge in [-0.3, -0.25) is 18.6 Å². The molecule has 6 N–H and O–H groups in total. The summed E-state index contributed by atoms with van der Waals surface area (Å²) in [4.78, 5) is 35.9. The Morgan fingerprint density at radius 1 is 0.464 bits per heavy atom. The third-order valence-electron chi connectivity index (χ3n) is 11.7. The van der Waals surface area contributed by atoms with Crippen LogP contribution in [0.1, 0.15) is 194 Å². The first kappa shape index (κ1) is 64.0. The van der Waals surface area contributed by atoms with E-state index in [9.17, 15) is 44.6 Å². The molecule has 1 aliphatic carbocycles. The van der Waals surface area contributed by atoms with Gasteiger partial charge in [0.1, 0.15) is 43.2 Å². The molecule has 0 saturated heterocycles. The number of aliphatic hydroxyl groups excluding tert-OH is 5. The fourth-order valence-electron chi connectivity index (χ4n) is 7.52. The molecule has 0 aromatic heterocycles. The maximum atomic E-state index is 12.9. The van der Waals surface area contributed by atoms with Gasteiger partial charge in [-0.1, -0.05) is 176 Å². The second-order valence-corrected chi connectivity index (χ2v) is 19.4. The van der Waals surface area contributed by atoms with Gasteiger partial charge in [-0.05, 0) is 89.9 Å². The second-order valence-electron chi connectivity index (χ2n) is 18.0. The molecule has 13 nitrogen and oxygen atoms in total. The van der Waals surface area contributed by atoms with E-state index in [1.54, 1.807) is 0 Å². The summed E-state index contributed by atoms with van der Waals surface area (Å²) in [5.41, 5.74) is 0. The SMILES string of the molecule is CC/C=C\C/C=C\C/C=C\C/C=C\CCCCCCCCCCC(=O)OC(COC(=O)CCCCCCCC/C=C\C/C=C\C/C=C\CCCCC)COP(=O)(O)OC1C(O)C(O)C(O)C(O)C1O. The predicted molar refractivity (Wildman–Crippen MR) is 276 cm³/mol. The van der Waals surface area contributed by atoms with Crippen molar-refractivity contribution >= 4 is 19.8 Å². The lowest BCUT2D eigenvalue weighted by Gasteiger charge is -2.41. The summed E-state index contributed by atoms with van der Waals surface area (Å²) in [7, 11) is -5.14. The normalized spacial score (nSPS) is 21.6. The summed E-state index contributed by atoms with van der Waals surface area (Å²) in [6.45, 7) is 3.16. The van der Waals surface area contributed by atoms with Crippen LogP contribution in [0.3, 0.4) is 0 Å². The van der Waals surface area contributed by atoms with Crippen molar-refractivity contribution in [2.45, 2.75) is 236 Å². The standard InChI is InChI=1S/C55H93O13P/c1-3-5-7-9-11-13-15-17-19-21-23-24-26-28-30-32-34-36-38-40-42-44-49(57)67-47(46-66-69(63,64)68-55-53(61)51(59)50(58)52(60)54(55)62)45-65-48(56)43-41-39-37-35-33-31-29-27-25-22-20-18-16-14-12-10-8-6-4-2/h5,7,11-14,17-20,23-25,27,47,50-55,58-62H,3-4,6,8-10,15-16,21-22,26,28-46H2,1-2H3,(H,63,64)/b7-5-,13-11-,14-12-,19-17-,20-18-,24-23-,27-25-. The molecule has 0 radical (unpaired) electrons. The first-order chi connectivity index (χ1) is 33.4. The Labute approximate surface area is 416 Å². The summed E-state index contributed by atoms with van der Waals surface area (Å²) in [5, 5.41) is 50.3. The number of ether oxygens (including phenoxy) is 2.